The first kappa shape index (κ1) is 16.4. The fraction of sp³-hybridized carbons (Fsp3) is 0.375. The number of nitrogen functional groups attached to an aromatic ring is 1. The van der Waals surface area contributed by atoms with Gasteiger partial charge in [-0.3, -0.25) is 0 Å². The molecule has 2 N–H and O–H groups in total. The zero-order valence-corrected chi connectivity index (χ0v) is 13.4. The van der Waals surface area contributed by atoms with Crippen molar-refractivity contribution >= 4 is 17.5 Å². The van der Waals surface area contributed by atoms with E-state index in [2.05, 4.69) is 9.97 Å². The number of halogens is 3. The van der Waals surface area contributed by atoms with Gasteiger partial charge in [0, 0.05) is 38.9 Å². The molecule has 24 heavy (non-hydrogen) atoms. The number of hydrogen-bond donors (Lipinski definition) is 1. The largest absolute Gasteiger partial charge is 0.433 e. The van der Waals surface area contributed by atoms with Gasteiger partial charge in [-0.1, -0.05) is 12.1 Å². The maximum absolute atomic E-state index is 13.1. The summed E-state index contributed by atoms with van der Waals surface area (Å²) in [6.07, 6.45) is -3.86. The Balaban J connectivity index is 1.99. The van der Waals surface area contributed by atoms with Gasteiger partial charge >= 0.3 is 6.18 Å². The molecular weight excluding hydrogens is 319 g/mol. The van der Waals surface area contributed by atoms with Gasteiger partial charge in [-0.05, 0) is 23.6 Å². The highest BCUT2D eigenvalue weighted by molar-refractivity contribution is 5.55. The smallest absolute Gasteiger partial charge is 0.398 e. The summed E-state index contributed by atoms with van der Waals surface area (Å²) in [7, 11) is 3.30. The molecule has 1 aliphatic heterocycles. The lowest BCUT2D eigenvalue weighted by atomic mass is 9.98. The molecule has 0 saturated heterocycles. The SMILES string of the molecule is CN(C)c1cc(C(F)(F)F)nc(N2CCc3c(N)cccc3C2)n1. The van der Waals surface area contributed by atoms with E-state index in [-0.39, 0.29) is 11.8 Å². The number of alkyl halides is 3. The number of nitrogens with zero attached hydrogens (tertiary/aromatic N) is 4. The maximum atomic E-state index is 13.1. The lowest BCUT2D eigenvalue weighted by molar-refractivity contribution is -0.141. The number of hydrogen-bond acceptors (Lipinski definition) is 5. The molecular formula is C16H18F3N5. The third-order valence-electron chi connectivity index (χ3n) is 4.03. The average Bonchev–Trinajstić information content (AvgIpc) is 2.53. The van der Waals surface area contributed by atoms with Crippen molar-refractivity contribution in [2.24, 2.45) is 0 Å². The molecule has 1 aromatic carbocycles. The second-order valence-corrected chi connectivity index (χ2v) is 5.96. The molecule has 2 heterocycles. The summed E-state index contributed by atoms with van der Waals surface area (Å²) in [5.41, 5.74) is 7.79. The zero-order chi connectivity index (χ0) is 17.5. The minimum Gasteiger partial charge on any atom is -0.398 e. The fourth-order valence-corrected chi connectivity index (χ4v) is 2.75. The third kappa shape index (κ3) is 3.08. The summed E-state index contributed by atoms with van der Waals surface area (Å²) in [6.45, 7) is 0.962. The molecule has 0 unspecified atom stereocenters. The number of nitrogens with two attached hydrogens (primary N) is 1. The zero-order valence-electron chi connectivity index (χ0n) is 13.4. The number of fused-ring (bicyclic) bond motifs is 1. The molecule has 5 nitrogen and oxygen atoms in total. The number of aromatic nitrogens is 2. The van der Waals surface area contributed by atoms with E-state index in [1.807, 2.05) is 18.2 Å². The molecule has 0 radical (unpaired) electrons. The molecule has 2 aromatic rings. The molecule has 1 aromatic heterocycles. The first-order valence-electron chi connectivity index (χ1n) is 7.50. The highest BCUT2D eigenvalue weighted by atomic mass is 19.4. The van der Waals surface area contributed by atoms with Crippen LogP contribution >= 0.6 is 0 Å². The Morgan fingerprint density at radius 1 is 1.21 bits per heavy atom. The van der Waals surface area contributed by atoms with Crippen molar-refractivity contribution in [1.82, 2.24) is 9.97 Å². The van der Waals surface area contributed by atoms with E-state index in [9.17, 15) is 13.2 Å². The van der Waals surface area contributed by atoms with Crippen LogP contribution in [0.1, 0.15) is 16.8 Å². The van der Waals surface area contributed by atoms with E-state index < -0.39 is 11.9 Å². The Bertz CT molecular complexity index is 758. The molecule has 128 valence electrons. The minimum absolute atomic E-state index is 0.0848. The molecule has 0 saturated carbocycles. The Kier molecular flexibility index (Phi) is 3.98. The van der Waals surface area contributed by atoms with Gasteiger partial charge in [0.2, 0.25) is 5.95 Å². The van der Waals surface area contributed by atoms with Crippen LogP contribution in [0.25, 0.3) is 0 Å². The lowest BCUT2D eigenvalue weighted by Crippen LogP contribution is -2.33. The van der Waals surface area contributed by atoms with Crippen LogP contribution in [0.2, 0.25) is 0 Å². The molecule has 3 rings (SSSR count). The molecule has 0 spiro atoms. The van der Waals surface area contributed by atoms with Gasteiger partial charge < -0.3 is 15.5 Å². The number of benzene rings is 1. The third-order valence-corrected chi connectivity index (χ3v) is 4.03. The monoisotopic (exact) mass is 337 g/mol. The lowest BCUT2D eigenvalue weighted by Gasteiger charge is -2.30. The van der Waals surface area contributed by atoms with Crippen molar-refractivity contribution in [3.63, 3.8) is 0 Å². The van der Waals surface area contributed by atoms with Gasteiger partial charge in [0.1, 0.15) is 5.82 Å². The molecule has 1 aliphatic rings. The second kappa shape index (κ2) is 5.85. The first-order valence-corrected chi connectivity index (χ1v) is 7.50. The maximum Gasteiger partial charge on any atom is 0.433 e. The van der Waals surface area contributed by atoms with Crippen molar-refractivity contribution in [2.45, 2.75) is 19.1 Å². The van der Waals surface area contributed by atoms with Crippen LogP contribution in [0.15, 0.2) is 24.3 Å². The summed E-state index contributed by atoms with van der Waals surface area (Å²) in [5, 5.41) is 0. The quantitative estimate of drug-likeness (QED) is 0.854. The van der Waals surface area contributed by atoms with Crippen molar-refractivity contribution in [3.05, 3.63) is 41.1 Å². The molecule has 0 fully saturated rings. The average molecular weight is 337 g/mol. The molecule has 0 atom stereocenters. The van der Waals surface area contributed by atoms with Gasteiger partial charge in [-0.2, -0.15) is 18.2 Å². The normalized spacial score (nSPS) is 14.5. The molecule has 0 amide bonds. The molecule has 0 bridgehead atoms. The Morgan fingerprint density at radius 3 is 2.62 bits per heavy atom. The van der Waals surface area contributed by atoms with Crippen LogP contribution in [0, 0.1) is 0 Å². The van der Waals surface area contributed by atoms with Gasteiger partial charge in [-0.25, -0.2) is 4.98 Å². The van der Waals surface area contributed by atoms with E-state index in [1.165, 1.54) is 4.90 Å². The number of rotatable bonds is 2. The van der Waals surface area contributed by atoms with E-state index in [0.29, 0.717) is 25.2 Å². The highest BCUT2D eigenvalue weighted by Crippen LogP contribution is 2.32. The van der Waals surface area contributed by atoms with E-state index in [0.717, 1.165) is 17.2 Å². The summed E-state index contributed by atoms with van der Waals surface area (Å²) >= 11 is 0. The summed E-state index contributed by atoms with van der Waals surface area (Å²) < 4.78 is 39.4. The van der Waals surface area contributed by atoms with E-state index in [1.54, 1.807) is 19.0 Å². The predicted molar refractivity (Wildman–Crippen MR) is 87.0 cm³/mol. The highest BCUT2D eigenvalue weighted by Gasteiger charge is 2.34. The van der Waals surface area contributed by atoms with Crippen molar-refractivity contribution in [3.8, 4) is 0 Å². The van der Waals surface area contributed by atoms with Crippen LogP contribution < -0.4 is 15.5 Å². The Hall–Kier alpha value is -2.51. The fourth-order valence-electron chi connectivity index (χ4n) is 2.75. The van der Waals surface area contributed by atoms with Crippen LogP contribution in [-0.2, 0) is 19.1 Å². The number of anilines is 3. The van der Waals surface area contributed by atoms with E-state index in [4.69, 9.17) is 5.73 Å². The van der Waals surface area contributed by atoms with E-state index >= 15 is 0 Å². The predicted octanol–water partition coefficient (Wildman–Crippen LogP) is 2.71. The van der Waals surface area contributed by atoms with Gasteiger partial charge in [0.05, 0.1) is 0 Å². The Labute approximate surface area is 137 Å². The van der Waals surface area contributed by atoms with Crippen LogP contribution in [-0.4, -0.2) is 30.6 Å². The van der Waals surface area contributed by atoms with Crippen molar-refractivity contribution < 1.29 is 13.2 Å². The summed E-state index contributed by atoms with van der Waals surface area (Å²) in [5.74, 6) is 0.312. The van der Waals surface area contributed by atoms with Gasteiger partial charge in [0.15, 0.2) is 5.69 Å². The second-order valence-electron chi connectivity index (χ2n) is 5.96. The van der Waals surface area contributed by atoms with Gasteiger partial charge in [-0.15, -0.1) is 0 Å². The topological polar surface area (TPSA) is 58.3 Å². The van der Waals surface area contributed by atoms with Crippen LogP contribution in [0.5, 0.6) is 0 Å². The minimum atomic E-state index is -4.51. The first-order chi connectivity index (χ1) is 11.3. The van der Waals surface area contributed by atoms with Crippen LogP contribution in [0.3, 0.4) is 0 Å². The standard InChI is InChI=1S/C16H18F3N5/c1-23(2)14-8-13(16(17,18)19)21-15(22-14)24-7-6-11-10(9-24)4-3-5-12(11)20/h3-5,8H,6-7,9,20H2,1-2H3. The molecule has 8 heteroatoms. The van der Waals surface area contributed by atoms with Crippen LogP contribution in [0.4, 0.5) is 30.6 Å². The van der Waals surface area contributed by atoms with Crippen molar-refractivity contribution in [2.75, 3.05) is 36.2 Å². The summed E-state index contributed by atoms with van der Waals surface area (Å²) in [4.78, 5) is 11.3. The molecule has 0 aliphatic carbocycles. The van der Waals surface area contributed by atoms with Gasteiger partial charge in [0.25, 0.3) is 0 Å². The van der Waals surface area contributed by atoms with Crippen molar-refractivity contribution in [1.29, 1.82) is 0 Å². The Morgan fingerprint density at radius 2 is 1.96 bits per heavy atom. The summed E-state index contributed by atoms with van der Waals surface area (Å²) in [6, 6.07) is 6.56.